The molecule has 0 radical (unpaired) electrons. The minimum atomic E-state index is -4.90. The highest BCUT2D eigenvalue weighted by atomic mass is 19.4. The van der Waals surface area contributed by atoms with Crippen LogP contribution >= 0.6 is 0 Å². The van der Waals surface area contributed by atoms with Crippen LogP contribution in [0.1, 0.15) is 43.5 Å². The van der Waals surface area contributed by atoms with Crippen molar-refractivity contribution in [2.24, 2.45) is 0 Å². The molecule has 3 rings (SSSR count). The molecule has 0 aliphatic carbocycles. The van der Waals surface area contributed by atoms with Crippen molar-refractivity contribution in [3.05, 3.63) is 53.2 Å². The Bertz CT molecular complexity index is 832. The average Bonchev–Trinajstić information content (AvgIpc) is 2.50. The predicted octanol–water partition coefficient (Wildman–Crippen LogP) is 5.53. The summed E-state index contributed by atoms with van der Waals surface area (Å²) in [5, 5.41) is 0. The maximum absolute atomic E-state index is 13.6. The molecule has 134 valence electrons. The first-order valence-electron chi connectivity index (χ1n) is 7.69. The minimum Gasteiger partial charge on any atom is -0.182 e. The van der Waals surface area contributed by atoms with E-state index in [-0.39, 0.29) is 17.7 Å². The summed E-state index contributed by atoms with van der Waals surface area (Å²) in [6, 6.07) is 7.67. The Morgan fingerprint density at radius 3 is 2.08 bits per heavy atom. The zero-order valence-corrected chi connectivity index (χ0v) is 13.8. The number of halogens is 6. The van der Waals surface area contributed by atoms with E-state index in [0.29, 0.717) is 5.56 Å². The molecule has 1 aliphatic heterocycles. The largest absolute Gasteiger partial charge is 0.477 e. The van der Waals surface area contributed by atoms with Gasteiger partial charge < -0.3 is 0 Å². The number of rotatable bonds is 0. The van der Waals surface area contributed by atoms with Gasteiger partial charge in [-0.2, -0.15) is 30.9 Å². The summed E-state index contributed by atoms with van der Waals surface area (Å²) in [4.78, 5) is 0. The fourth-order valence-corrected chi connectivity index (χ4v) is 3.47. The Balaban J connectivity index is 2.48. The van der Waals surface area contributed by atoms with E-state index in [0.717, 1.165) is 16.2 Å². The lowest BCUT2D eigenvalue weighted by molar-refractivity contribution is -0.768. The van der Waals surface area contributed by atoms with Crippen molar-refractivity contribution in [3.8, 4) is 11.3 Å². The quantitative estimate of drug-likeness (QED) is 0.430. The maximum atomic E-state index is 13.6. The molecule has 0 bridgehead atoms. The van der Waals surface area contributed by atoms with E-state index >= 15 is 0 Å². The van der Waals surface area contributed by atoms with Crippen molar-refractivity contribution >= 4 is 0 Å². The second-order valence-corrected chi connectivity index (χ2v) is 6.81. The van der Waals surface area contributed by atoms with Crippen molar-refractivity contribution in [3.63, 3.8) is 0 Å². The number of benzene rings is 1. The lowest BCUT2D eigenvalue weighted by Gasteiger charge is -2.35. The van der Waals surface area contributed by atoms with E-state index < -0.39 is 29.1 Å². The van der Waals surface area contributed by atoms with Crippen LogP contribution in [0.5, 0.6) is 0 Å². The molecule has 0 fully saturated rings. The fourth-order valence-electron chi connectivity index (χ4n) is 3.47. The normalized spacial score (nSPS) is 19.3. The van der Waals surface area contributed by atoms with Crippen LogP contribution in [0.4, 0.5) is 26.3 Å². The molecule has 0 N–H and O–H groups in total. The van der Waals surface area contributed by atoms with Crippen LogP contribution in [0.15, 0.2) is 36.4 Å². The van der Waals surface area contributed by atoms with Gasteiger partial charge in [0.1, 0.15) is 0 Å². The minimum absolute atomic E-state index is 0.0687. The summed E-state index contributed by atoms with van der Waals surface area (Å²) in [6.07, 6.45) is -9.77. The van der Waals surface area contributed by atoms with Gasteiger partial charge in [-0.1, -0.05) is 25.1 Å². The standard InChI is InChI=1S/C18H16F6N/c1-10-12-6-4-5-7-13(12)14-8-11(17(19,20)21)9-15(18(22,23)24)25(14)16(10,2)3/h4-10H,1-3H3/q+1. The molecule has 1 aromatic carbocycles. The molecule has 1 nitrogen and oxygen atoms in total. The van der Waals surface area contributed by atoms with E-state index in [1.54, 1.807) is 45.0 Å². The van der Waals surface area contributed by atoms with Crippen molar-refractivity contribution in [2.75, 3.05) is 0 Å². The molecule has 7 heteroatoms. The zero-order valence-electron chi connectivity index (χ0n) is 13.8. The zero-order chi connectivity index (χ0) is 18.8. The van der Waals surface area contributed by atoms with Gasteiger partial charge in [-0.15, -0.1) is 0 Å². The average molecular weight is 360 g/mol. The second-order valence-electron chi connectivity index (χ2n) is 6.81. The highest BCUT2D eigenvalue weighted by Gasteiger charge is 2.53. The number of hydrogen-bond acceptors (Lipinski definition) is 0. The first-order chi connectivity index (χ1) is 11.3. The molecular weight excluding hydrogens is 344 g/mol. The van der Waals surface area contributed by atoms with Crippen LogP contribution in [-0.4, -0.2) is 0 Å². The molecule has 1 atom stereocenters. The Kier molecular flexibility index (Phi) is 3.71. The topological polar surface area (TPSA) is 3.88 Å². The van der Waals surface area contributed by atoms with Crippen LogP contribution in [0.2, 0.25) is 0 Å². The van der Waals surface area contributed by atoms with Gasteiger partial charge in [-0.05, 0) is 11.6 Å². The molecule has 1 aliphatic rings. The highest BCUT2D eigenvalue weighted by molar-refractivity contribution is 5.64. The number of alkyl halides is 6. The lowest BCUT2D eigenvalue weighted by atomic mass is 9.76. The molecule has 0 saturated heterocycles. The molecule has 1 aromatic heterocycles. The van der Waals surface area contributed by atoms with E-state index in [4.69, 9.17) is 0 Å². The van der Waals surface area contributed by atoms with Gasteiger partial charge in [-0.25, -0.2) is 0 Å². The summed E-state index contributed by atoms with van der Waals surface area (Å²) in [5.41, 5.74) is -2.57. The van der Waals surface area contributed by atoms with Gasteiger partial charge in [-0.3, -0.25) is 0 Å². The Morgan fingerprint density at radius 2 is 1.52 bits per heavy atom. The molecule has 2 aromatic rings. The van der Waals surface area contributed by atoms with Crippen molar-refractivity contribution < 1.29 is 30.9 Å². The van der Waals surface area contributed by atoms with Crippen LogP contribution in [0.3, 0.4) is 0 Å². The van der Waals surface area contributed by atoms with Gasteiger partial charge in [0.25, 0.3) is 5.69 Å². The van der Waals surface area contributed by atoms with Crippen LogP contribution in [0.25, 0.3) is 11.3 Å². The second kappa shape index (κ2) is 5.22. The summed E-state index contributed by atoms with van der Waals surface area (Å²) >= 11 is 0. The molecule has 1 unspecified atom stereocenters. The number of nitrogens with zero attached hydrogens (tertiary/aromatic N) is 1. The van der Waals surface area contributed by atoms with Crippen molar-refractivity contribution in [1.29, 1.82) is 0 Å². The Hall–Kier alpha value is -2.05. The SMILES string of the molecule is CC1c2ccccc2-c2cc(C(F)(F)F)cc(C(F)(F)F)[n+]2C1(C)C. The number of fused-ring (bicyclic) bond motifs is 3. The van der Waals surface area contributed by atoms with Gasteiger partial charge in [0.15, 0.2) is 5.54 Å². The third kappa shape index (κ3) is 2.69. The predicted molar refractivity (Wildman–Crippen MR) is 79.8 cm³/mol. The number of aromatic nitrogens is 1. The molecule has 0 spiro atoms. The van der Waals surface area contributed by atoms with Gasteiger partial charge >= 0.3 is 12.4 Å². The third-order valence-corrected chi connectivity index (χ3v) is 5.02. The fraction of sp³-hybridized carbons (Fsp3) is 0.389. The van der Waals surface area contributed by atoms with Gasteiger partial charge in [0, 0.05) is 37.5 Å². The summed E-state index contributed by atoms with van der Waals surface area (Å²) in [5.74, 6) is -0.306. The van der Waals surface area contributed by atoms with Crippen LogP contribution in [0, 0.1) is 0 Å². The maximum Gasteiger partial charge on any atom is 0.477 e. The van der Waals surface area contributed by atoms with E-state index in [1.807, 2.05) is 0 Å². The summed E-state index contributed by atoms with van der Waals surface area (Å²) < 4.78 is 81.4. The molecule has 0 amide bonds. The van der Waals surface area contributed by atoms with Crippen molar-refractivity contribution in [2.45, 2.75) is 44.6 Å². The van der Waals surface area contributed by atoms with Crippen LogP contribution < -0.4 is 4.57 Å². The van der Waals surface area contributed by atoms with Gasteiger partial charge in [0.2, 0.25) is 5.69 Å². The smallest absolute Gasteiger partial charge is 0.182 e. The van der Waals surface area contributed by atoms with Crippen molar-refractivity contribution in [1.82, 2.24) is 0 Å². The summed E-state index contributed by atoms with van der Waals surface area (Å²) in [7, 11) is 0. The first kappa shape index (κ1) is 17.8. The molecule has 0 saturated carbocycles. The monoisotopic (exact) mass is 360 g/mol. The highest BCUT2D eigenvalue weighted by Crippen LogP contribution is 2.45. The number of hydrogen-bond donors (Lipinski definition) is 0. The lowest BCUT2D eigenvalue weighted by Crippen LogP contribution is -2.62. The van der Waals surface area contributed by atoms with Gasteiger partial charge in [0.05, 0.1) is 5.56 Å². The molecule has 2 heterocycles. The molecule has 25 heavy (non-hydrogen) atoms. The van der Waals surface area contributed by atoms with E-state index in [2.05, 4.69) is 0 Å². The van der Waals surface area contributed by atoms with Crippen LogP contribution in [-0.2, 0) is 17.9 Å². The molecular formula is C18H16F6N+. The first-order valence-corrected chi connectivity index (χ1v) is 7.69. The van der Waals surface area contributed by atoms with E-state index in [9.17, 15) is 26.3 Å². The van der Waals surface area contributed by atoms with E-state index in [1.165, 1.54) is 0 Å². The number of pyridine rings is 1. The Morgan fingerprint density at radius 1 is 0.920 bits per heavy atom. The third-order valence-electron chi connectivity index (χ3n) is 5.02. The summed E-state index contributed by atoms with van der Waals surface area (Å²) in [6.45, 7) is 5.01. The Labute approximate surface area is 140 Å².